The first-order chi connectivity index (χ1) is 9.06. The molecule has 1 rings (SSSR count). The van der Waals surface area contributed by atoms with Crippen molar-refractivity contribution in [2.24, 2.45) is 5.41 Å². The zero-order chi connectivity index (χ0) is 15.6. The van der Waals surface area contributed by atoms with Gasteiger partial charge in [0.1, 0.15) is 11.6 Å². The largest absolute Gasteiger partial charge is 0.408 e. The van der Waals surface area contributed by atoms with E-state index in [-0.39, 0.29) is 28.5 Å². The van der Waals surface area contributed by atoms with E-state index in [4.69, 9.17) is 16.7 Å². The average molecular weight is 314 g/mol. The molecule has 1 aromatic rings. The van der Waals surface area contributed by atoms with Gasteiger partial charge in [-0.25, -0.2) is 4.68 Å². The summed E-state index contributed by atoms with van der Waals surface area (Å²) in [7, 11) is 0. The number of aliphatic hydroxyl groups excluding tert-OH is 1. The lowest BCUT2D eigenvalue weighted by Crippen LogP contribution is -2.32. The molecule has 0 fully saturated rings. The molecule has 20 heavy (non-hydrogen) atoms. The van der Waals surface area contributed by atoms with Crippen LogP contribution in [0.25, 0.3) is 0 Å². The average Bonchev–Trinajstić information content (AvgIpc) is 2.33. The molecule has 0 aliphatic heterocycles. The number of aliphatic hydroxyl groups is 1. The molecule has 1 heterocycles. The van der Waals surface area contributed by atoms with Gasteiger partial charge in [0.2, 0.25) is 0 Å². The maximum absolute atomic E-state index is 12.2. The molecule has 0 saturated carbocycles. The molecule has 5 nitrogen and oxygen atoms in total. The fourth-order valence-electron chi connectivity index (χ4n) is 1.26. The van der Waals surface area contributed by atoms with Gasteiger partial charge in [0.15, 0.2) is 0 Å². The third-order valence-electron chi connectivity index (χ3n) is 2.50. The van der Waals surface area contributed by atoms with Crippen LogP contribution in [-0.4, -0.2) is 34.2 Å². The van der Waals surface area contributed by atoms with Gasteiger partial charge in [-0.05, 0) is 0 Å². The van der Waals surface area contributed by atoms with Crippen molar-refractivity contribution in [1.29, 1.82) is 0 Å². The summed E-state index contributed by atoms with van der Waals surface area (Å²) in [6, 6.07) is 0. The van der Waals surface area contributed by atoms with E-state index >= 15 is 0 Å². The van der Waals surface area contributed by atoms with Gasteiger partial charge in [-0.2, -0.15) is 18.3 Å². The molecule has 0 atom stereocenters. The Morgan fingerprint density at radius 3 is 2.55 bits per heavy atom. The van der Waals surface area contributed by atoms with Crippen molar-refractivity contribution in [3.63, 3.8) is 0 Å². The van der Waals surface area contributed by atoms with Gasteiger partial charge in [-0.1, -0.05) is 25.4 Å². The zero-order valence-corrected chi connectivity index (χ0v) is 11.7. The molecule has 114 valence electrons. The fourth-order valence-corrected chi connectivity index (χ4v) is 1.47. The molecule has 9 heteroatoms. The molecule has 1 aromatic heterocycles. The van der Waals surface area contributed by atoms with Crippen LogP contribution < -0.4 is 10.9 Å². The van der Waals surface area contributed by atoms with E-state index in [0.29, 0.717) is 0 Å². The maximum atomic E-state index is 12.2. The molecule has 0 aliphatic carbocycles. The van der Waals surface area contributed by atoms with Gasteiger partial charge in [0, 0.05) is 18.6 Å². The lowest BCUT2D eigenvalue weighted by Gasteiger charge is -2.22. The zero-order valence-electron chi connectivity index (χ0n) is 11.0. The molecule has 0 radical (unpaired) electrons. The van der Waals surface area contributed by atoms with Gasteiger partial charge in [0.25, 0.3) is 5.56 Å². The Hall–Kier alpha value is -1.28. The lowest BCUT2D eigenvalue weighted by molar-refractivity contribution is -0.143. The van der Waals surface area contributed by atoms with Crippen LogP contribution in [0.1, 0.15) is 13.8 Å². The Labute approximate surface area is 118 Å². The Morgan fingerprint density at radius 2 is 2.05 bits per heavy atom. The number of alkyl halides is 3. The van der Waals surface area contributed by atoms with Crippen molar-refractivity contribution in [2.75, 3.05) is 18.5 Å². The summed E-state index contributed by atoms with van der Waals surface area (Å²) in [5, 5.41) is 14.9. The van der Waals surface area contributed by atoms with Gasteiger partial charge in [-0.15, -0.1) is 0 Å². The predicted molar refractivity (Wildman–Crippen MR) is 68.9 cm³/mol. The Morgan fingerprint density at radius 1 is 1.45 bits per heavy atom. The van der Waals surface area contributed by atoms with Crippen molar-refractivity contribution in [3.8, 4) is 0 Å². The summed E-state index contributed by atoms with van der Waals surface area (Å²) in [6.07, 6.45) is -3.49. The number of hydrogen-bond acceptors (Lipinski definition) is 4. The van der Waals surface area contributed by atoms with Crippen molar-refractivity contribution in [2.45, 2.75) is 26.6 Å². The summed E-state index contributed by atoms with van der Waals surface area (Å²) < 4.78 is 36.9. The number of halogens is 4. The van der Waals surface area contributed by atoms with E-state index in [9.17, 15) is 18.0 Å². The highest BCUT2D eigenvalue weighted by Crippen LogP contribution is 2.21. The lowest BCUT2D eigenvalue weighted by atomic mass is 9.95. The number of aromatic nitrogens is 2. The first kappa shape index (κ1) is 16.8. The van der Waals surface area contributed by atoms with E-state index in [1.54, 1.807) is 13.8 Å². The SMILES string of the molecule is CC(C)(CO)CNc1cnn(CC(F)(F)F)c(=O)c1Cl. The van der Waals surface area contributed by atoms with Crippen LogP contribution in [0.3, 0.4) is 0 Å². The summed E-state index contributed by atoms with van der Waals surface area (Å²) in [4.78, 5) is 11.6. The van der Waals surface area contributed by atoms with Crippen LogP contribution in [-0.2, 0) is 6.54 Å². The topological polar surface area (TPSA) is 67.2 Å². The van der Waals surface area contributed by atoms with Crippen LogP contribution >= 0.6 is 11.6 Å². The highest BCUT2D eigenvalue weighted by Gasteiger charge is 2.29. The van der Waals surface area contributed by atoms with Crippen LogP contribution in [0.2, 0.25) is 5.02 Å². The van der Waals surface area contributed by atoms with Crippen LogP contribution in [0.4, 0.5) is 18.9 Å². The van der Waals surface area contributed by atoms with E-state index in [1.165, 1.54) is 0 Å². The van der Waals surface area contributed by atoms with Gasteiger partial charge in [-0.3, -0.25) is 4.79 Å². The van der Waals surface area contributed by atoms with E-state index in [1.807, 2.05) is 0 Å². The molecule has 0 amide bonds. The van der Waals surface area contributed by atoms with Crippen molar-refractivity contribution >= 4 is 17.3 Å². The highest BCUT2D eigenvalue weighted by molar-refractivity contribution is 6.32. The summed E-state index contributed by atoms with van der Waals surface area (Å²) in [5.41, 5.74) is -1.35. The number of nitrogens with zero attached hydrogens (tertiary/aromatic N) is 2. The first-order valence-corrected chi connectivity index (χ1v) is 6.11. The number of nitrogens with one attached hydrogen (secondary N) is 1. The number of anilines is 1. The molecule has 0 bridgehead atoms. The Kier molecular flexibility index (Phi) is 5.04. The molecular formula is C11H15ClF3N3O2. The quantitative estimate of drug-likeness (QED) is 0.871. The van der Waals surface area contributed by atoms with E-state index in [2.05, 4.69) is 10.4 Å². The van der Waals surface area contributed by atoms with Crippen molar-refractivity contribution in [3.05, 3.63) is 21.6 Å². The van der Waals surface area contributed by atoms with Crippen molar-refractivity contribution in [1.82, 2.24) is 9.78 Å². The first-order valence-electron chi connectivity index (χ1n) is 5.73. The maximum Gasteiger partial charge on any atom is 0.408 e. The number of rotatable bonds is 5. The molecule has 0 aromatic carbocycles. The predicted octanol–water partition coefficient (Wildman–Crippen LogP) is 1.89. The normalized spacial score (nSPS) is 12.6. The smallest absolute Gasteiger partial charge is 0.396 e. The molecule has 0 spiro atoms. The third-order valence-corrected chi connectivity index (χ3v) is 2.86. The Balaban J connectivity index is 2.93. The summed E-state index contributed by atoms with van der Waals surface area (Å²) in [5.74, 6) is 0. The minimum Gasteiger partial charge on any atom is -0.396 e. The van der Waals surface area contributed by atoms with Gasteiger partial charge >= 0.3 is 6.18 Å². The Bertz CT molecular complexity index is 529. The van der Waals surface area contributed by atoms with Crippen LogP contribution in [0, 0.1) is 5.41 Å². The second kappa shape index (κ2) is 6.01. The molecule has 2 N–H and O–H groups in total. The summed E-state index contributed by atoms with van der Waals surface area (Å²) in [6.45, 7) is 2.23. The monoisotopic (exact) mass is 313 g/mol. The third kappa shape index (κ3) is 4.68. The fraction of sp³-hybridized carbons (Fsp3) is 0.636. The highest BCUT2D eigenvalue weighted by atomic mass is 35.5. The number of hydrogen-bond donors (Lipinski definition) is 2. The van der Waals surface area contributed by atoms with Crippen LogP contribution in [0.15, 0.2) is 11.0 Å². The summed E-state index contributed by atoms with van der Waals surface area (Å²) >= 11 is 5.73. The van der Waals surface area contributed by atoms with E-state index < -0.39 is 23.7 Å². The second-order valence-corrected chi connectivity index (χ2v) is 5.50. The molecule has 0 saturated heterocycles. The molecular weight excluding hydrogens is 299 g/mol. The van der Waals surface area contributed by atoms with Crippen LogP contribution in [0.5, 0.6) is 0 Å². The van der Waals surface area contributed by atoms with Gasteiger partial charge < -0.3 is 10.4 Å². The molecule has 0 aliphatic rings. The minimum atomic E-state index is -4.55. The standard InChI is InChI=1S/C11H15ClF3N3O2/c1-10(2,6-19)4-16-7-3-17-18(5-11(13,14)15)9(20)8(7)12/h3,16,19H,4-6H2,1-2H3. The van der Waals surface area contributed by atoms with E-state index in [0.717, 1.165) is 6.20 Å². The minimum absolute atomic E-state index is 0.101. The van der Waals surface area contributed by atoms with Crippen molar-refractivity contribution < 1.29 is 18.3 Å². The second-order valence-electron chi connectivity index (χ2n) is 5.13. The van der Waals surface area contributed by atoms with Gasteiger partial charge in [0.05, 0.1) is 11.9 Å². The molecule has 0 unspecified atom stereocenters.